The predicted octanol–water partition coefficient (Wildman–Crippen LogP) is 4.15. The van der Waals surface area contributed by atoms with E-state index >= 15 is 0 Å². The van der Waals surface area contributed by atoms with Crippen LogP contribution >= 0.6 is 24.0 Å². The first-order valence-electron chi connectivity index (χ1n) is 9.57. The van der Waals surface area contributed by atoms with Crippen LogP contribution in [0.1, 0.15) is 12.0 Å². The van der Waals surface area contributed by atoms with Crippen LogP contribution in [0.25, 0.3) is 0 Å². The van der Waals surface area contributed by atoms with Gasteiger partial charge in [0.15, 0.2) is 17.5 Å². The van der Waals surface area contributed by atoms with Crippen molar-refractivity contribution in [1.29, 1.82) is 0 Å². The highest BCUT2D eigenvalue weighted by molar-refractivity contribution is 14.0. The van der Waals surface area contributed by atoms with Crippen LogP contribution in [0.4, 0.5) is 0 Å². The molecule has 158 valence electrons. The SMILES string of the molecule is CN=C(NCc1ccc(Oc2ccccc2OC)cc1)N1CCC(COC)C1.I. The minimum absolute atomic E-state index is 0. The van der Waals surface area contributed by atoms with Gasteiger partial charge in [-0.05, 0) is 36.2 Å². The Hall–Kier alpha value is -2.00. The first-order valence-corrected chi connectivity index (χ1v) is 9.57. The van der Waals surface area contributed by atoms with E-state index in [9.17, 15) is 0 Å². The molecule has 0 saturated carbocycles. The van der Waals surface area contributed by atoms with Crippen LogP contribution in [0.2, 0.25) is 0 Å². The number of nitrogens with one attached hydrogen (secondary N) is 1. The van der Waals surface area contributed by atoms with Gasteiger partial charge in [0.1, 0.15) is 5.75 Å². The van der Waals surface area contributed by atoms with E-state index in [0.717, 1.165) is 43.6 Å². The maximum Gasteiger partial charge on any atom is 0.193 e. The number of likely N-dealkylation sites (tertiary alicyclic amines) is 1. The highest BCUT2D eigenvalue weighted by Crippen LogP contribution is 2.30. The molecular weight excluding hydrogens is 481 g/mol. The summed E-state index contributed by atoms with van der Waals surface area (Å²) < 4.78 is 16.5. The molecule has 1 fully saturated rings. The number of aliphatic imine (C=N–C) groups is 1. The van der Waals surface area contributed by atoms with Crippen molar-refractivity contribution in [1.82, 2.24) is 10.2 Å². The van der Waals surface area contributed by atoms with Gasteiger partial charge in [-0.25, -0.2) is 0 Å². The molecule has 0 aliphatic carbocycles. The van der Waals surface area contributed by atoms with E-state index in [1.54, 1.807) is 14.2 Å². The zero-order valence-electron chi connectivity index (χ0n) is 17.3. The van der Waals surface area contributed by atoms with Gasteiger partial charge in [-0.2, -0.15) is 0 Å². The van der Waals surface area contributed by atoms with Gasteiger partial charge < -0.3 is 24.4 Å². The minimum Gasteiger partial charge on any atom is -0.493 e. The Morgan fingerprint density at radius 1 is 1.10 bits per heavy atom. The second-order valence-electron chi connectivity index (χ2n) is 6.85. The van der Waals surface area contributed by atoms with Crippen molar-refractivity contribution in [2.45, 2.75) is 13.0 Å². The van der Waals surface area contributed by atoms with Crippen LogP contribution in [0.15, 0.2) is 53.5 Å². The van der Waals surface area contributed by atoms with Gasteiger partial charge in [-0.15, -0.1) is 24.0 Å². The number of benzene rings is 2. The summed E-state index contributed by atoms with van der Waals surface area (Å²) in [6, 6.07) is 15.7. The fourth-order valence-corrected chi connectivity index (χ4v) is 3.42. The van der Waals surface area contributed by atoms with Crippen LogP contribution < -0.4 is 14.8 Å². The van der Waals surface area contributed by atoms with Gasteiger partial charge in [0.05, 0.1) is 13.7 Å². The van der Waals surface area contributed by atoms with Crippen LogP contribution in [-0.2, 0) is 11.3 Å². The Balaban J connectivity index is 0.00000300. The van der Waals surface area contributed by atoms with Gasteiger partial charge in [0, 0.05) is 39.7 Å². The number of hydrogen-bond acceptors (Lipinski definition) is 4. The monoisotopic (exact) mass is 511 g/mol. The first kappa shape index (κ1) is 23.3. The van der Waals surface area contributed by atoms with Crippen molar-refractivity contribution in [3.63, 3.8) is 0 Å². The quantitative estimate of drug-likeness (QED) is 0.344. The lowest BCUT2D eigenvalue weighted by Crippen LogP contribution is -2.39. The normalized spacial score (nSPS) is 16.3. The molecule has 1 aliphatic heterocycles. The fourth-order valence-electron chi connectivity index (χ4n) is 3.42. The van der Waals surface area contributed by atoms with E-state index in [0.29, 0.717) is 18.2 Å². The van der Waals surface area contributed by atoms with Gasteiger partial charge in [0.2, 0.25) is 0 Å². The van der Waals surface area contributed by atoms with Crippen molar-refractivity contribution in [2.75, 3.05) is 41.0 Å². The number of halogens is 1. The summed E-state index contributed by atoms with van der Waals surface area (Å²) >= 11 is 0. The molecule has 0 radical (unpaired) electrons. The molecule has 1 unspecified atom stereocenters. The van der Waals surface area contributed by atoms with Crippen LogP contribution in [0.5, 0.6) is 17.2 Å². The highest BCUT2D eigenvalue weighted by Gasteiger charge is 2.24. The zero-order chi connectivity index (χ0) is 19.8. The number of rotatable bonds is 7. The smallest absolute Gasteiger partial charge is 0.193 e. The zero-order valence-corrected chi connectivity index (χ0v) is 19.6. The van der Waals surface area contributed by atoms with Gasteiger partial charge in [-0.1, -0.05) is 24.3 Å². The van der Waals surface area contributed by atoms with E-state index in [4.69, 9.17) is 14.2 Å². The Kier molecular flexibility index (Phi) is 9.53. The second-order valence-corrected chi connectivity index (χ2v) is 6.85. The summed E-state index contributed by atoms with van der Waals surface area (Å²) in [7, 11) is 5.23. The number of guanidine groups is 1. The lowest BCUT2D eigenvalue weighted by atomic mass is 10.1. The Labute approximate surface area is 190 Å². The van der Waals surface area contributed by atoms with E-state index in [1.807, 2.05) is 43.4 Å². The van der Waals surface area contributed by atoms with Crippen LogP contribution in [0, 0.1) is 5.92 Å². The molecule has 6 nitrogen and oxygen atoms in total. The Morgan fingerprint density at radius 2 is 1.83 bits per heavy atom. The largest absolute Gasteiger partial charge is 0.493 e. The van der Waals surface area contributed by atoms with Gasteiger partial charge in [-0.3, -0.25) is 4.99 Å². The first-order chi connectivity index (χ1) is 13.7. The highest BCUT2D eigenvalue weighted by atomic mass is 127. The average molecular weight is 511 g/mol. The molecule has 7 heteroatoms. The molecule has 0 bridgehead atoms. The molecule has 0 spiro atoms. The molecule has 29 heavy (non-hydrogen) atoms. The molecule has 0 aromatic heterocycles. The third kappa shape index (κ3) is 6.50. The van der Waals surface area contributed by atoms with Crippen LogP contribution in [0.3, 0.4) is 0 Å². The van der Waals surface area contributed by atoms with E-state index < -0.39 is 0 Å². The summed E-state index contributed by atoms with van der Waals surface area (Å²) in [6.45, 7) is 3.52. The number of para-hydroxylation sites is 2. The number of hydrogen-bond donors (Lipinski definition) is 1. The molecule has 1 N–H and O–H groups in total. The van der Waals surface area contributed by atoms with E-state index in [-0.39, 0.29) is 24.0 Å². The predicted molar refractivity (Wildman–Crippen MR) is 127 cm³/mol. The molecule has 1 atom stereocenters. The minimum atomic E-state index is 0. The summed E-state index contributed by atoms with van der Waals surface area (Å²) in [5.41, 5.74) is 1.17. The molecule has 2 aromatic carbocycles. The van der Waals surface area contributed by atoms with Crippen molar-refractivity contribution in [2.24, 2.45) is 10.9 Å². The van der Waals surface area contributed by atoms with Crippen molar-refractivity contribution < 1.29 is 14.2 Å². The molecule has 3 rings (SSSR count). The van der Waals surface area contributed by atoms with E-state index in [1.165, 1.54) is 5.56 Å². The molecule has 0 amide bonds. The third-order valence-electron chi connectivity index (χ3n) is 4.87. The lowest BCUT2D eigenvalue weighted by molar-refractivity contribution is 0.157. The van der Waals surface area contributed by atoms with Crippen molar-refractivity contribution in [3.8, 4) is 17.2 Å². The van der Waals surface area contributed by atoms with E-state index in [2.05, 4.69) is 27.3 Å². The Morgan fingerprint density at radius 3 is 2.48 bits per heavy atom. The molecule has 2 aromatic rings. The fraction of sp³-hybridized carbons (Fsp3) is 0.409. The summed E-state index contributed by atoms with van der Waals surface area (Å²) in [5.74, 6) is 3.72. The summed E-state index contributed by atoms with van der Waals surface area (Å²) in [4.78, 5) is 6.72. The maximum atomic E-state index is 5.93. The number of ether oxygens (including phenoxy) is 3. The topological polar surface area (TPSA) is 55.3 Å². The van der Waals surface area contributed by atoms with Crippen molar-refractivity contribution in [3.05, 3.63) is 54.1 Å². The summed E-state index contributed by atoms with van der Waals surface area (Å²) in [5, 5.41) is 3.45. The number of methoxy groups -OCH3 is 2. The van der Waals surface area contributed by atoms with Crippen LogP contribution in [-0.4, -0.2) is 51.8 Å². The second kappa shape index (κ2) is 11.9. The molecular formula is C22H30IN3O3. The third-order valence-corrected chi connectivity index (χ3v) is 4.87. The molecule has 1 heterocycles. The van der Waals surface area contributed by atoms with Gasteiger partial charge in [0.25, 0.3) is 0 Å². The Bertz CT molecular complexity index is 783. The average Bonchev–Trinajstić information content (AvgIpc) is 3.19. The standard InChI is InChI=1S/C22H29N3O3.HI/c1-23-22(25-13-12-18(15-25)16-26-2)24-14-17-8-10-19(11-9-17)28-21-7-5-4-6-20(21)27-3;/h4-11,18H,12-16H2,1-3H3,(H,23,24);1H. The number of nitrogens with zero attached hydrogens (tertiary/aromatic N) is 2. The molecule has 1 saturated heterocycles. The summed E-state index contributed by atoms with van der Waals surface area (Å²) in [6.07, 6.45) is 1.14. The maximum absolute atomic E-state index is 5.93. The molecule has 1 aliphatic rings. The van der Waals surface area contributed by atoms with Gasteiger partial charge >= 0.3 is 0 Å². The van der Waals surface area contributed by atoms with Crippen molar-refractivity contribution >= 4 is 29.9 Å². The lowest BCUT2D eigenvalue weighted by Gasteiger charge is -2.21.